The van der Waals surface area contributed by atoms with E-state index in [0.717, 1.165) is 0 Å². The van der Waals surface area contributed by atoms with Crippen LogP contribution in [0.2, 0.25) is 0 Å². The Morgan fingerprint density at radius 2 is 2.17 bits per heavy atom. The van der Waals surface area contributed by atoms with E-state index in [-0.39, 0.29) is 31.4 Å². The quantitative estimate of drug-likeness (QED) is 0.805. The molecule has 0 spiro atoms. The number of nitrogens with zero attached hydrogens (tertiary/aromatic N) is 1. The lowest BCUT2D eigenvalue weighted by atomic mass is 10.0. The van der Waals surface area contributed by atoms with Gasteiger partial charge < -0.3 is 20.1 Å². The van der Waals surface area contributed by atoms with Crippen LogP contribution in [-0.4, -0.2) is 60.8 Å². The van der Waals surface area contributed by atoms with E-state index < -0.39 is 18.0 Å². The molecule has 1 fully saturated rings. The Hall–Kier alpha value is -1.99. The molecule has 0 unspecified atom stereocenters. The van der Waals surface area contributed by atoms with Crippen molar-refractivity contribution in [2.75, 3.05) is 26.8 Å². The van der Waals surface area contributed by atoms with Gasteiger partial charge >= 0.3 is 0 Å². The normalized spacial score (nSPS) is 21.1. The number of ether oxygens (including phenoxy) is 1. The number of β-amino-alcohol motifs (C(OH)–C–C–N with tert-alkyl or cyclic N) is 1. The van der Waals surface area contributed by atoms with Crippen molar-refractivity contribution in [3.05, 3.63) is 35.6 Å². The summed E-state index contributed by atoms with van der Waals surface area (Å²) >= 11 is 0. The summed E-state index contributed by atoms with van der Waals surface area (Å²) in [5.41, 5.74) is 0.312. The number of aliphatic hydroxyl groups excluding tert-OH is 1. The lowest BCUT2D eigenvalue weighted by Crippen LogP contribution is -2.56. The number of methoxy groups -OCH3 is 1. The molecule has 0 bridgehead atoms. The van der Waals surface area contributed by atoms with Crippen LogP contribution in [0.25, 0.3) is 0 Å². The topological polar surface area (TPSA) is 78.9 Å². The SMILES string of the molecule is COCC(=O)N1CC[C@@H](NC(=O)Cc2ccccc2F)[C@H](O)C1. The minimum Gasteiger partial charge on any atom is -0.389 e. The van der Waals surface area contributed by atoms with Gasteiger partial charge in [-0.1, -0.05) is 18.2 Å². The molecule has 1 saturated heterocycles. The number of aliphatic hydroxyl groups is 1. The van der Waals surface area contributed by atoms with Crippen LogP contribution in [0, 0.1) is 5.82 Å². The molecule has 1 aliphatic rings. The maximum absolute atomic E-state index is 13.5. The fourth-order valence-electron chi connectivity index (χ4n) is 2.61. The predicted molar refractivity (Wildman–Crippen MR) is 81.1 cm³/mol. The van der Waals surface area contributed by atoms with E-state index in [9.17, 15) is 19.1 Å². The first-order valence-electron chi connectivity index (χ1n) is 7.48. The van der Waals surface area contributed by atoms with Crippen molar-refractivity contribution >= 4 is 11.8 Å². The summed E-state index contributed by atoms with van der Waals surface area (Å²) in [5.74, 6) is -0.971. The molecule has 126 valence electrons. The molecule has 0 aliphatic carbocycles. The Morgan fingerprint density at radius 1 is 1.43 bits per heavy atom. The highest BCUT2D eigenvalue weighted by Gasteiger charge is 2.31. The average molecular weight is 324 g/mol. The molecule has 2 rings (SSSR count). The summed E-state index contributed by atoms with van der Waals surface area (Å²) in [7, 11) is 1.43. The van der Waals surface area contributed by atoms with Crippen LogP contribution in [0.15, 0.2) is 24.3 Å². The first-order chi connectivity index (χ1) is 11.0. The second-order valence-electron chi connectivity index (χ2n) is 5.57. The molecule has 2 amide bonds. The standard InChI is InChI=1S/C16H21FN2O4/c1-23-10-16(22)19-7-6-13(14(20)9-19)18-15(21)8-11-4-2-3-5-12(11)17/h2-5,13-14,20H,6-10H2,1H3,(H,18,21)/t13-,14-/m1/s1. The van der Waals surface area contributed by atoms with Gasteiger partial charge in [0, 0.05) is 20.2 Å². The molecule has 23 heavy (non-hydrogen) atoms. The van der Waals surface area contributed by atoms with Gasteiger partial charge in [0.05, 0.1) is 18.6 Å². The van der Waals surface area contributed by atoms with E-state index in [4.69, 9.17) is 4.74 Å². The fraction of sp³-hybridized carbons (Fsp3) is 0.500. The largest absolute Gasteiger partial charge is 0.389 e. The molecule has 6 nitrogen and oxygen atoms in total. The van der Waals surface area contributed by atoms with Gasteiger partial charge in [-0.2, -0.15) is 0 Å². The van der Waals surface area contributed by atoms with Crippen LogP contribution in [-0.2, 0) is 20.7 Å². The van der Waals surface area contributed by atoms with Gasteiger partial charge in [0.1, 0.15) is 12.4 Å². The van der Waals surface area contributed by atoms with Gasteiger partial charge in [0.2, 0.25) is 11.8 Å². The molecule has 0 radical (unpaired) electrons. The molecule has 7 heteroatoms. The number of carbonyl (C=O) groups excluding carboxylic acids is 2. The maximum Gasteiger partial charge on any atom is 0.248 e. The molecule has 2 N–H and O–H groups in total. The number of hydrogen-bond acceptors (Lipinski definition) is 4. The maximum atomic E-state index is 13.5. The molecule has 2 atom stereocenters. The third-order valence-electron chi connectivity index (χ3n) is 3.86. The summed E-state index contributed by atoms with van der Waals surface area (Å²) in [5, 5.41) is 12.8. The van der Waals surface area contributed by atoms with Gasteiger partial charge in [-0.25, -0.2) is 4.39 Å². The number of hydrogen-bond donors (Lipinski definition) is 2. The van der Waals surface area contributed by atoms with Crippen molar-refractivity contribution in [3.63, 3.8) is 0 Å². The second kappa shape index (κ2) is 8.03. The van der Waals surface area contributed by atoms with Gasteiger partial charge in [-0.3, -0.25) is 9.59 Å². The van der Waals surface area contributed by atoms with E-state index in [2.05, 4.69) is 5.32 Å². The average Bonchev–Trinajstić information content (AvgIpc) is 2.52. The Labute approximate surface area is 134 Å². The van der Waals surface area contributed by atoms with Crippen molar-refractivity contribution in [2.45, 2.75) is 25.0 Å². The van der Waals surface area contributed by atoms with E-state index >= 15 is 0 Å². The Kier molecular flexibility index (Phi) is 6.06. The van der Waals surface area contributed by atoms with Gasteiger partial charge in [-0.15, -0.1) is 0 Å². The van der Waals surface area contributed by atoms with Crippen molar-refractivity contribution in [1.82, 2.24) is 10.2 Å². The number of halogens is 1. The van der Waals surface area contributed by atoms with Crippen molar-refractivity contribution in [1.29, 1.82) is 0 Å². The summed E-state index contributed by atoms with van der Waals surface area (Å²) in [6.45, 7) is 0.549. The van der Waals surface area contributed by atoms with E-state index in [1.807, 2.05) is 0 Å². The zero-order chi connectivity index (χ0) is 16.8. The number of carbonyl (C=O) groups is 2. The Bertz CT molecular complexity index is 567. The number of amides is 2. The van der Waals surface area contributed by atoms with E-state index in [1.165, 1.54) is 18.1 Å². The lowest BCUT2D eigenvalue weighted by molar-refractivity contribution is -0.139. The molecule has 0 aromatic heterocycles. The highest BCUT2D eigenvalue weighted by Crippen LogP contribution is 2.13. The fourth-order valence-corrected chi connectivity index (χ4v) is 2.61. The van der Waals surface area contributed by atoms with E-state index in [0.29, 0.717) is 18.5 Å². The monoisotopic (exact) mass is 324 g/mol. The Morgan fingerprint density at radius 3 is 2.83 bits per heavy atom. The zero-order valence-corrected chi connectivity index (χ0v) is 13.0. The molecule has 1 aromatic carbocycles. The smallest absolute Gasteiger partial charge is 0.248 e. The zero-order valence-electron chi connectivity index (χ0n) is 13.0. The number of nitrogens with one attached hydrogen (secondary N) is 1. The summed E-state index contributed by atoms with van der Waals surface area (Å²) in [4.78, 5) is 25.2. The highest BCUT2D eigenvalue weighted by molar-refractivity contribution is 5.79. The van der Waals surface area contributed by atoms with Crippen LogP contribution >= 0.6 is 0 Å². The number of likely N-dealkylation sites (tertiary alicyclic amines) is 1. The Balaban J connectivity index is 1.85. The number of rotatable bonds is 5. The van der Waals surface area contributed by atoms with Crippen LogP contribution in [0.1, 0.15) is 12.0 Å². The van der Waals surface area contributed by atoms with Crippen molar-refractivity contribution < 1.29 is 23.8 Å². The van der Waals surface area contributed by atoms with Crippen LogP contribution in [0.3, 0.4) is 0 Å². The molecule has 1 aliphatic heterocycles. The second-order valence-corrected chi connectivity index (χ2v) is 5.57. The van der Waals surface area contributed by atoms with Crippen LogP contribution in [0.5, 0.6) is 0 Å². The minimum absolute atomic E-state index is 0.0307. The summed E-state index contributed by atoms with van der Waals surface area (Å²) < 4.78 is 18.3. The summed E-state index contributed by atoms with van der Waals surface area (Å²) in [6.07, 6.45) is -0.490. The van der Waals surface area contributed by atoms with Crippen molar-refractivity contribution in [3.8, 4) is 0 Å². The minimum atomic E-state index is -0.853. The first kappa shape index (κ1) is 17.4. The van der Waals surface area contributed by atoms with Gasteiger partial charge in [0.15, 0.2) is 0 Å². The van der Waals surface area contributed by atoms with Crippen molar-refractivity contribution in [2.24, 2.45) is 0 Å². The van der Waals surface area contributed by atoms with Crippen LogP contribution < -0.4 is 5.32 Å². The number of piperidine rings is 1. The highest BCUT2D eigenvalue weighted by atomic mass is 19.1. The van der Waals surface area contributed by atoms with Crippen LogP contribution in [0.4, 0.5) is 4.39 Å². The molecular formula is C16H21FN2O4. The predicted octanol–water partition coefficient (Wildman–Crippen LogP) is 0.0926. The third-order valence-corrected chi connectivity index (χ3v) is 3.86. The molecular weight excluding hydrogens is 303 g/mol. The first-order valence-corrected chi connectivity index (χ1v) is 7.48. The molecule has 1 aromatic rings. The van der Waals surface area contributed by atoms with Gasteiger partial charge in [0.25, 0.3) is 0 Å². The third kappa shape index (κ3) is 4.74. The lowest BCUT2D eigenvalue weighted by Gasteiger charge is -2.36. The van der Waals surface area contributed by atoms with E-state index in [1.54, 1.807) is 18.2 Å². The number of benzene rings is 1. The van der Waals surface area contributed by atoms with Gasteiger partial charge in [-0.05, 0) is 18.1 Å². The molecule has 1 heterocycles. The summed E-state index contributed by atoms with van der Waals surface area (Å²) in [6, 6.07) is 5.64. The molecule has 0 saturated carbocycles.